The molecule has 3 nitrogen and oxygen atoms in total. The summed E-state index contributed by atoms with van der Waals surface area (Å²) in [6.45, 7) is -0.280. The van der Waals surface area contributed by atoms with E-state index in [1.807, 2.05) is 0 Å². The van der Waals surface area contributed by atoms with E-state index in [0.29, 0.717) is 0 Å². The molecular weight excluding hydrogens is 345 g/mol. The lowest BCUT2D eigenvalue weighted by Gasteiger charge is -2.10. The van der Waals surface area contributed by atoms with E-state index in [-0.39, 0.29) is 22.9 Å². The first-order chi connectivity index (χ1) is 9.79. The molecule has 0 amide bonds. The molecule has 112 valence electrons. The lowest BCUT2D eigenvalue weighted by molar-refractivity contribution is 0.291. The van der Waals surface area contributed by atoms with Crippen LogP contribution in [0.25, 0.3) is 0 Å². The van der Waals surface area contributed by atoms with Gasteiger partial charge in [-0.2, -0.15) is 0 Å². The van der Waals surface area contributed by atoms with Gasteiger partial charge in [0.05, 0.1) is 5.02 Å². The van der Waals surface area contributed by atoms with Gasteiger partial charge in [-0.05, 0) is 24.3 Å². The van der Waals surface area contributed by atoms with Gasteiger partial charge >= 0.3 is 0 Å². The third kappa shape index (κ3) is 3.84. The normalized spacial score (nSPS) is 11.4. The highest BCUT2D eigenvalue weighted by Gasteiger charge is 2.18. The van der Waals surface area contributed by atoms with Crippen LogP contribution in [0.1, 0.15) is 5.56 Å². The average molecular weight is 353 g/mol. The fourth-order valence-electron chi connectivity index (χ4n) is 1.61. The maximum atomic E-state index is 13.7. The van der Waals surface area contributed by atoms with Crippen LogP contribution >= 0.6 is 22.3 Å². The SMILES string of the molecule is O=S(=O)(Cl)c1cc(F)ccc1OCc1cccc(Cl)c1F. The van der Waals surface area contributed by atoms with Gasteiger partial charge in [-0.1, -0.05) is 23.7 Å². The van der Waals surface area contributed by atoms with E-state index in [1.54, 1.807) is 0 Å². The van der Waals surface area contributed by atoms with Gasteiger partial charge in [0.2, 0.25) is 0 Å². The van der Waals surface area contributed by atoms with Crippen LogP contribution < -0.4 is 4.74 Å². The van der Waals surface area contributed by atoms with Gasteiger partial charge in [-0.25, -0.2) is 17.2 Å². The van der Waals surface area contributed by atoms with E-state index in [1.165, 1.54) is 18.2 Å². The summed E-state index contributed by atoms with van der Waals surface area (Å²) in [5.74, 6) is -1.63. The van der Waals surface area contributed by atoms with Gasteiger partial charge in [0.1, 0.15) is 28.9 Å². The van der Waals surface area contributed by atoms with Crippen LogP contribution in [0.3, 0.4) is 0 Å². The van der Waals surface area contributed by atoms with Gasteiger partial charge in [0, 0.05) is 16.2 Å². The van der Waals surface area contributed by atoms with Crippen LogP contribution in [-0.4, -0.2) is 8.42 Å². The van der Waals surface area contributed by atoms with Crippen molar-refractivity contribution in [1.29, 1.82) is 0 Å². The number of benzene rings is 2. The smallest absolute Gasteiger partial charge is 0.265 e. The highest BCUT2D eigenvalue weighted by Crippen LogP contribution is 2.29. The van der Waals surface area contributed by atoms with Crippen LogP contribution in [0.15, 0.2) is 41.3 Å². The number of rotatable bonds is 4. The zero-order valence-electron chi connectivity index (χ0n) is 10.3. The third-order valence-electron chi connectivity index (χ3n) is 2.58. The Bertz CT molecular complexity index is 779. The fraction of sp³-hybridized carbons (Fsp3) is 0.0769. The molecule has 0 heterocycles. The maximum Gasteiger partial charge on any atom is 0.265 e. The standard InChI is InChI=1S/C13H8Cl2F2O3S/c14-10-3-1-2-8(13(10)17)7-20-11-5-4-9(16)6-12(11)21(15,18)19/h1-6H,7H2. The average Bonchev–Trinajstić information content (AvgIpc) is 2.40. The minimum Gasteiger partial charge on any atom is -0.487 e. The van der Waals surface area contributed by atoms with Crippen molar-refractivity contribution >= 4 is 31.3 Å². The van der Waals surface area contributed by atoms with Crippen molar-refractivity contribution in [3.8, 4) is 5.75 Å². The first-order valence-electron chi connectivity index (χ1n) is 5.59. The summed E-state index contributed by atoms with van der Waals surface area (Å²) >= 11 is 5.62. The van der Waals surface area contributed by atoms with Gasteiger partial charge in [0.15, 0.2) is 0 Å². The van der Waals surface area contributed by atoms with E-state index in [0.717, 1.165) is 18.2 Å². The second-order valence-corrected chi connectivity index (χ2v) is 6.97. The summed E-state index contributed by atoms with van der Waals surface area (Å²) in [6, 6.07) is 7.16. The van der Waals surface area contributed by atoms with Crippen LogP contribution in [0, 0.1) is 11.6 Å². The number of ether oxygens (including phenoxy) is 1. The molecule has 21 heavy (non-hydrogen) atoms. The molecule has 2 rings (SSSR count). The molecular formula is C13H8Cl2F2O3S. The Kier molecular flexibility index (Phi) is 4.70. The summed E-state index contributed by atoms with van der Waals surface area (Å²) in [4.78, 5) is -0.522. The summed E-state index contributed by atoms with van der Waals surface area (Å²) < 4.78 is 54.7. The molecule has 0 aliphatic heterocycles. The van der Waals surface area contributed by atoms with Crippen molar-refractivity contribution in [2.24, 2.45) is 0 Å². The molecule has 2 aromatic rings. The lowest BCUT2D eigenvalue weighted by atomic mass is 10.2. The predicted octanol–water partition coefficient (Wildman–Crippen LogP) is 4.12. The Labute approximate surface area is 129 Å². The summed E-state index contributed by atoms with van der Waals surface area (Å²) in [6.07, 6.45) is 0. The van der Waals surface area contributed by atoms with Crippen molar-refractivity contribution in [3.05, 3.63) is 58.6 Å². The van der Waals surface area contributed by atoms with Crippen molar-refractivity contribution < 1.29 is 21.9 Å². The van der Waals surface area contributed by atoms with Crippen molar-refractivity contribution in [2.45, 2.75) is 11.5 Å². The van der Waals surface area contributed by atoms with Crippen LogP contribution in [0.5, 0.6) is 5.75 Å². The molecule has 0 saturated carbocycles. The van der Waals surface area contributed by atoms with Gasteiger partial charge < -0.3 is 4.74 Å². The van der Waals surface area contributed by atoms with Gasteiger partial charge in [-0.3, -0.25) is 0 Å². The Hall–Kier alpha value is -1.37. The second-order valence-electron chi connectivity index (χ2n) is 4.03. The maximum absolute atomic E-state index is 13.7. The zero-order chi connectivity index (χ0) is 15.6. The molecule has 0 unspecified atom stereocenters. The number of hydrogen-bond donors (Lipinski definition) is 0. The first-order valence-corrected chi connectivity index (χ1v) is 8.27. The third-order valence-corrected chi connectivity index (χ3v) is 4.22. The van der Waals surface area contributed by atoms with Crippen molar-refractivity contribution in [2.75, 3.05) is 0 Å². The quantitative estimate of drug-likeness (QED) is 0.777. The lowest BCUT2D eigenvalue weighted by Crippen LogP contribution is -2.03. The predicted molar refractivity (Wildman–Crippen MR) is 75.2 cm³/mol. The van der Waals surface area contributed by atoms with E-state index in [4.69, 9.17) is 27.0 Å². The molecule has 8 heteroatoms. The highest BCUT2D eigenvalue weighted by atomic mass is 35.7. The van der Waals surface area contributed by atoms with Crippen LogP contribution in [-0.2, 0) is 15.7 Å². The number of halogens is 4. The molecule has 0 aliphatic rings. The molecule has 2 aromatic carbocycles. The fourth-order valence-corrected chi connectivity index (χ4v) is 2.78. The van der Waals surface area contributed by atoms with E-state index < -0.39 is 25.6 Å². The first kappa shape index (κ1) is 16.0. The zero-order valence-corrected chi connectivity index (χ0v) is 12.6. The Morgan fingerprint density at radius 3 is 2.52 bits per heavy atom. The molecule has 0 spiro atoms. The minimum atomic E-state index is -4.19. The largest absolute Gasteiger partial charge is 0.487 e. The van der Waals surface area contributed by atoms with Crippen LogP contribution in [0.4, 0.5) is 8.78 Å². The van der Waals surface area contributed by atoms with Crippen LogP contribution in [0.2, 0.25) is 5.02 Å². The van der Waals surface area contributed by atoms with Crippen molar-refractivity contribution in [3.63, 3.8) is 0 Å². The topological polar surface area (TPSA) is 43.4 Å². The Morgan fingerprint density at radius 2 is 1.86 bits per heavy atom. The molecule has 0 aromatic heterocycles. The molecule has 0 saturated heterocycles. The van der Waals surface area contributed by atoms with Gasteiger partial charge in [-0.15, -0.1) is 0 Å². The summed E-state index contributed by atoms with van der Waals surface area (Å²) in [5, 5.41) is -0.0830. The monoisotopic (exact) mass is 352 g/mol. The molecule has 0 fully saturated rings. The second kappa shape index (κ2) is 6.17. The number of hydrogen-bond acceptors (Lipinski definition) is 3. The van der Waals surface area contributed by atoms with E-state index in [2.05, 4.69) is 0 Å². The molecule has 0 atom stereocenters. The Balaban J connectivity index is 2.31. The van der Waals surface area contributed by atoms with Crippen molar-refractivity contribution in [1.82, 2.24) is 0 Å². The molecule has 0 aliphatic carbocycles. The van der Waals surface area contributed by atoms with Gasteiger partial charge in [0.25, 0.3) is 9.05 Å². The minimum absolute atomic E-state index is 0.0830. The Morgan fingerprint density at radius 1 is 1.14 bits per heavy atom. The molecule has 0 bridgehead atoms. The molecule has 0 N–H and O–H groups in total. The summed E-state index contributed by atoms with van der Waals surface area (Å²) in [7, 11) is 1.01. The van der Waals surface area contributed by atoms with E-state index in [9.17, 15) is 17.2 Å². The highest BCUT2D eigenvalue weighted by molar-refractivity contribution is 8.13. The molecule has 0 radical (unpaired) electrons. The van der Waals surface area contributed by atoms with E-state index >= 15 is 0 Å². The summed E-state index contributed by atoms with van der Waals surface area (Å²) in [5.41, 5.74) is 0.129.